The first-order valence-corrected chi connectivity index (χ1v) is 14.3. The molecule has 0 radical (unpaired) electrons. The highest BCUT2D eigenvalue weighted by Crippen LogP contribution is 2.28. The first-order chi connectivity index (χ1) is 18.6. The van der Waals surface area contributed by atoms with Gasteiger partial charge in [-0.05, 0) is 42.2 Å². The molecule has 1 aliphatic heterocycles. The molecule has 204 valence electrons. The molecular formula is C28H30N4O6S. The molecule has 0 aliphatic carbocycles. The van der Waals surface area contributed by atoms with Crippen molar-refractivity contribution in [3.63, 3.8) is 0 Å². The summed E-state index contributed by atoms with van der Waals surface area (Å²) in [7, 11) is -3.44. The van der Waals surface area contributed by atoms with Gasteiger partial charge in [0.1, 0.15) is 12.1 Å². The summed E-state index contributed by atoms with van der Waals surface area (Å²) in [4.78, 5) is 39.7. The monoisotopic (exact) mass is 550 g/mol. The summed E-state index contributed by atoms with van der Waals surface area (Å²) in [5.74, 6) is -1.76. The number of likely N-dealkylation sites (tertiary alicyclic amines) is 1. The fourth-order valence-electron chi connectivity index (χ4n) is 4.56. The molecule has 1 unspecified atom stereocenters. The van der Waals surface area contributed by atoms with Crippen LogP contribution in [-0.4, -0.2) is 61.2 Å². The lowest BCUT2D eigenvalue weighted by Gasteiger charge is -2.26. The van der Waals surface area contributed by atoms with E-state index in [-0.39, 0.29) is 6.42 Å². The van der Waals surface area contributed by atoms with Crippen molar-refractivity contribution in [2.24, 2.45) is 0 Å². The third kappa shape index (κ3) is 7.35. The standard InChI is InChI=1S/C28H30N4O6S/c1-39(37,38)31-21-15-13-19(14-16-21)18-24(27(34)35)29-26(33)25-12-7-17-32(25)28(36)30-23-11-6-5-10-22(23)20-8-3-2-4-9-20/h2-6,8-11,13-16,24-25,31H,7,12,17-18H2,1H3,(H,29,33)(H,30,36)(H,34,35)/t24-,25?/m0/s1. The molecule has 11 heteroatoms. The van der Waals surface area contributed by atoms with E-state index in [1.54, 1.807) is 18.2 Å². The van der Waals surface area contributed by atoms with Crippen molar-refractivity contribution in [1.82, 2.24) is 10.2 Å². The first kappa shape index (κ1) is 27.6. The normalized spacial score (nSPS) is 15.8. The van der Waals surface area contributed by atoms with Crippen molar-refractivity contribution in [1.29, 1.82) is 0 Å². The number of benzene rings is 3. The van der Waals surface area contributed by atoms with Gasteiger partial charge in [0.15, 0.2) is 0 Å². The fraction of sp³-hybridized carbons (Fsp3) is 0.250. The molecule has 0 spiro atoms. The molecule has 1 aliphatic rings. The number of nitrogens with one attached hydrogen (secondary N) is 3. The number of carboxylic acid groups (broad SMARTS) is 1. The Labute approximate surface area is 227 Å². The highest BCUT2D eigenvalue weighted by molar-refractivity contribution is 7.92. The second-order valence-electron chi connectivity index (χ2n) is 9.37. The van der Waals surface area contributed by atoms with Gasteiger partial charge >= 0.3 is 12.0 Å². The molecule has 3 aromatic rings. The SMILES string of the molecule is CS(=O)(=O)Nc1ccc(C[C@H](NC(=O)C2CCCN2C(=O)Nc2ccccc2-c2ccccc2)C(=O)O)cc1. The summed E-state index contributed by atoms with van der Waals surface area (Å²) in [5, 5.41) is 15.2. The number of nitrogens with zero attached hydrogens (tertiary/aromatic N) is 1. The largest absolute Gasteiger partial charge is 0.480 e. The molecule has 1 heterocycles. The van der Waals surface area contributed by atoms with Gasteiger partial charge in [-0.25, -0.2) is 18.0 Å². The van der Waals surface area contributed by atoms with Crippen LogP contribution in [0.3, 0.4) is 0 Å². The molecule has 1 saturated heterocycles. The molecule has 0 aromatic heterocycles. The summed E-state index contributed by atoms with van der Waals surface area (Å²) >= 11 is 0. The van der Waals surface area contributed by atoms with E-state index in [2.05, 4.69) is 15.4 Å². The molecule has 3 amide bonds. The Morgan fingerprint density at radius 3 is 2.31 bits per heavy atom. The Balaban J connectivity index is 1.42. The van der Waals surface area contributed by atoms with Crippen LogP contribution in [0.1, 0.15) is 18.4 Å². The van der Waals surface area contributed by atoms with Gasteiger partial charge in [-0.2, -0.15) is 0 Å². The number of para-hydroxylation sites is 1. The van der Waals surface area contributed by atoms with Crippen molar-refractivity contribution in [2.45, 2.75) is 31.3 Å². The maximum atomic E-state index is 13.2. The lowest BCUT2D eigenvalue weighted by atomic mass is 10.0. The number of amides is 3. The number of carbonyl (C=O) groups excluding carboxylic acids is 2. The number of carboxylic acids is 1. The van der Waals surface area contributed by atoms with Gasteiger partial charge in [0.05, 0.1) is 11.9 Å². The Morgan fingerprint density at radius 1 is 0.974 bits per heavy atom. The molecule has 0 saturated carbocycles. The number of hydrogen-bond acceptors (Lipinski definition) is 5. The second kappa shape index (κ2) is 12.0. The summed E-state index contributed by atoms with van der Waals surface area (Å²) in [6.45, 7) is 0.365. The maximum absolute atomic E-state index is 13.2. The van der Waals surface area contributed by atoms with Gasteiger partial charge in [-0.15, -0.1) is 0 Å². The molecule has 0 bridgehead atoms. The van der Waals surface area contributed by atoms with E-state index >= 15 is 0 Å². The number of anilines is 2. The van der Waals surface area contributed by atoms with Crippen molar-refractivity contribution >= 4 is 39.3 Å². The van der Waals surface area contributed by atoms with E-state index in [1.807, 2.05) is 48.5 Å². The quantitative estimate of drug-likeness (QED) is 0.321. The van der Waals surface area contributed by atoms with E-state index in [9.17, 15) is 27.9 Å². The zero-order valence-corrected chi connectivity index (χ0v) is 22.1. The average molecular weight is 551 g/mol. The van der Waals surface area contributed by atoms with Crippen LogP contribution in [0.2, 0.25) is 0 Å². The van der Waals surface area contributed by atoms with Gasteiger partial charge in [-0.3, -0.25) is 9.52 Å². The van der Waals surface area contributed by atoms with Gasteiger partial charge in [0.2, 0.25) is 15.9 Å². The van der Waals surface area contributed by atoms with Gasteiger partial charge in [0, 0.05) is 24.2 Å². The number of urea groups is 1. The fourth-order valence-corrected chi connectivity index (χ4v) is 5.12. The molecule has 4 rings (SSSR count). The molecule has 2 atom stereocenters. The minimum Gasteiger partial charge on any atom is -0.480 e. The van der Waals surface area contributed by atoms with Crippen LogP contribution in [0.15, 0.2) is 78.9 Å². The number of sulfonamides is 1. The van der Waals surface area contributed by atoms with Crippen molar-refractivity contribution < 1.29 is 27.9 Å². The zero-order valence-electron chi connectivity index (χ0n) is 21.3. The number of carbonyl (C=O) groups is 3. The minimum absolute atomic E-state index is 0.0103. The lowest BCUT2D eigenvalue weighted by Crippen LogP contribution is -2.52. The highest BCUT2D eigenvalue weighted by Gasteiger charge is 2.36. The predicted octanol–water partition coefficient (Wildman–Crippen LogP) is 3.53. The third-order valence-corrected chi connectivity index (χ3v) is 6.99. The van der Waals surface area contributed by atoms with Crippen LogP contribution in [0.5, 0.6) is 0 Å². The number of hydrogen-bond donors (Lipinski definition) is 4. The van der Waals surface area contributed by atoms with Crippen LogP contribution < -0.4 is 15.4 Å². The first-order valence-electron chi connectivity index (χ1n) is 12.4. The summed E-state index contributed by atoms with van der Waals surface area (Å²) in [5.41, 5.74) is 3.33. The molecule has 10 nitrogen and oxygen atoms in total. The summed E-state index contributed by atoms with van der Waals surface area (Å²) in [6.07, 6.45) is 2.05. The van der Waals surface area contributed by atoms with Crippen LogP contribution in [-0.2, 0) is 26.0 Å². The maximum Gasteiger partial charge on any atom is 0.326 e. The summed E-state index contributed by atoms with van der Waals surface area (Å²) < 4.78 is 25.1. The van der Waals surface area contributed by atoms with Crippen molar-refractivity contribution in [3.8, 4) is 11.1 Å². The average Bonchev–Trinajstić information content (AvgIpc) is 3.40. The number of rotatable bonds is 9. The van der Waals surface area contributed by atoms with E-state index < -0.39 is 40.0 Å². The highest BCUT2D eigenvalue weighted by atomic mass is 32.2. The Morgan fingerprint density at radius 2 is 1.64 bits per heavy atom. The topological polar surface area (TPSA) is 145 Å². The molecule has 4 N–H and O–H groups in total. The Hall–Kier alpha value is -4.38. The van der Waals surface area contributed by atoms with Crippen molar-refractivity contribution in [3.05, 3.63) is 84.4 Å². The smallest absolute Gasteiger partial charge is 0.326 e. The summed E-state index contributed by atoms with van der Waals surface area (Å²) in [6, 6.07) is 20.8. The molecular weight excluding hydrogens is 520 g/mol. The van der Waals surface area contributed by atoms with Gasteiger partial charge < -0.3 is 20.6 Å². The van der Waals surface area contributed by atoms with Crippen molar-refractivity contribution in [2.75, 3.05) is 22.8 Å². The lowest BCUT2D eigenvalue weighted by molar-refractivity contribution is -0.142. The minimum atomic E-state index is -3.44. The van der Waals surface area contributed by atoms with Crippen LogP contribution >= 0.6 is 0 Å². The number of aliphatic carboxylic acids is 1. The third-order valence-electron chi connectivity index (χ3n) is 6.38. The second-order valence-corrected chi connectivity index (χ2v) is 11.1. The van der Waals surface area contributed by atoms with E-state index in [0.29, 0.717) is 36.3 Å². The van der Waals surface area contributed by atoms with Crippen LogP contribution in [0.25, 0.3) is 11.1 Å². The molecule has 3 aromatic carbocycles. The van der Waals surface area contributed by atoms with E-state index in [1.165, 1.54) is 17.0 Å². The van der Waals surface area contributed by atoms with E-state index in [0.717, 1.165) is 17.4 Å². The van der Waals surface area contributed by atoms with Gasteiger partial charge in [0.25, 0.3) is 0 Å². The zero-order chi connectivity index (χ0) is 28.0. The molecule has 1 fully saturated rings. The van der Waals surface area contributed by atoms with E-state index in [4.69, 9.17) is 0 Å². The predicted molar refractivity (Wildman–Crippen MR) is 149 cm³/mol. The van der Waals surface area contributed by atoms with Crippen LogP contribution in [0.4, 0.5) is 16.2 Å². The Kier molecular flexibility index (Phi) is 8.50. The Bertz CT molecular complexity index is 1440. The van der Waals surface area contributed by atoms with Crippen LogP contribution in [0, 0.1) is 0 Å². The van der Waals surface area contributed by atoms with Gasteiger partial charge in [-0.1, -0.05) is 60.7 Å². The molecule has 39 heavy (non-hydrogen) atoms.